The van der Waals surface area contributed by atoms with E-state index in [4.69, 9.17) is 5.73 Å². The predicted molar refractivity (Wildman–Crippen MR) is 132 cm³/mol. The molecule has 5 rings (SSSR count). The SMILES string of the molecule is Cc1cc(C(F)(F)F)nn1CC(=O)N1CCC(c2nc(C(N)=O)c(C3CCCc4ccccc43)s2)CC1. The Kier molecular flexibility index (Phi) is 6.82. The summed E-state index contributed by atoms with van der Waals surface area (Å²) in [6, 6.07) is 9.25. The molecule has 11 heteroatoms. The van der Waals surface area contributed by atoms with E-state index >= 15 is 0 Å². The van der Waals surface area contributed by atoms with Crippen LogP contribution in [0.2, 0.25) is 0 Å². The van der Waals surface area contributed by atoms with Gasteiger partial charge in [0.2, 0.25) is 5.91 Å². The zero-order valence-electron chi connectivity index (χ0n) is 20.4. The number of halogens is 3. The second-order valence-corrected chi connectivity index (χ2v) is 10.8. The number of benzene rings is 1. The second kappa shape index (κ2) is 9.92. The lowest BCUT2D eigenvalue weighted by Gasteiger charge is -2.31. The van der Waals surface area contributed by atoms with Crippen LogP contribution in [0, 0.1) is 6.92 Å². The lowest BCUT2D eigenvalue weighted by Crippen LogP contribution is -2.40. The van der Waals surface area contributed by atoms with Crippen LogP contribution in [0.4, 0.5) is 13.2 Å². The van der Waals surface area contributed by atoms with Crippen molar-refractivity contribution in [3.05, 3.63) is 68.4 Å². The van der Waals surface area contributed by atoms with Crippen LogP contribution in [-0.4, -0.2) is 44.6 Å². The number of fused-ring (bicyclic) bond motifs is 1. The van der Waals surface area contributed by atoms with E-state index in [0.717, 1.165) is 39.9 Å². The Labute approximate surface area is 216 Å². The minimum absolute atomic E-state index is 0.0861. The summed E-state index contributed by atoms with van der Waals surface area (Å²) in [5, 5.41) is 4.42. The van der Waals surface area contributed by atoms with Crippen molar-refractivity contribution in [2.75, 3.05) is 13.1 Å². The molecule has 1 saturated heterocycles. The summed E-state index contributed by atoms with van der Waals surface area (Å²) in [5.41, 5.74) is 7.89. The number of likely N-dealkylation sites (tertiary alicyclic amines) is 1. The van der Waals surface area contributed by atoms with Crippen molar-refractivity contribution in [2.45, 2.75) is 63.6 Å². The van der Waals surface area contributed by atoms with Gasteiger partial charge in [0.15, 0.2) is 5.69 Å². The Morgan fingerprint density at radius 2 is 1.89 bits per heavy atom. The molecule has 37 heavy (non-hydrogen) atoms. The summed E-state index contributed by atoms with van der Waals surface area (Å²) in [6.45, 7) is 2.19. The van der Waals surface area contributed by atoms with Crippen molar-refractivity contribution in [1.82, 2.24) is 19.7 Å². The number of amides is 2. The lowest BCUT2D eigenvalue weighted by molar-refractivity contribution is -0.142. The molecular formula is C26H28F3N5O2S. The van der Waals surface area contributed by atoms with Gasteiger partial charge in [-0.05, 0) is 56.2 Å². The largest absolute Gasteiger partial charge is 0.435 e. The Morgan fingerprint density at radius 1 is 1.16 bits per heavy atom. The Hall–Kier alpha value is -3.21. The van der Waals surface area contributed by atoms with Crippen LogP contribution in [0.3, 0.4) is 0 Å². The van der Waals surface area contributed by atoms with E-state index in [1.54, 1.807) is 16.2 Å². The van der Waals surface area contributed by atoms with Gasteiger partial charge in [-0.2, -0.15) is 18.3 Å². The molecule has 2 amide bonds. The smallest absolute Gasteiger partial charge is 0.364 e. The number of nitrogens with zero attached hydrogens (tertiary/aromatic N) is 4. The van der Waals surface area contributed by atoms with Gasteiger partial charge in [-0.1, -0.05) is 24.3 Å². The molecule has 3 aromatic rings. The molecular weight excluding hydrogens is 503 g/mol. The highest BCUT2D eigenvalue weighted by molar-refractivity contribution is 7.12. The summed E-state index contributed by atoms with van der Waals surface area (Å²) in [7, 11) is 0. The fourth-order valence-electron chi connectivity index (χ4n) is 5.38. The fourth-order valence-corrected chi connectivity index (χ4v) is 6.77. The van der Waals surface area contributed by atoms with Gasteiger partial charge in [-0.3, -0.25) is 14.3 Å². The minimum atomic E-state index is -4.55. The molecule has 1 atom stereocenters. The molecule has 0 bridgehead atoms. The van der Waals surface area contributed by atoms with Crippen molar-refractivity contribution >= 4 is 23.2 Å². The van der Waals surface area contributed by atoms with Crippen LogP contribution in [0.25, 0.3) is 0 Å². The third-order valence-electron chi connectivity index (χ3n) is 7.34. The number of primary amides is 1. The molecule has 1 aliphatic carbocycles. The van der Waals surface area contributed by atoms with E-state index in [9.17, 15) is 22.8 Å². The topological polar surface area (TPSA) is 94.1 Å². The number of rotatable bonds is 5. The summed E-state index contributed by atoms with van der Waals surface area (Å²) in [6.07, 6.45) is -0.240. The number of hydrogen-bond donors (Lipinski definition) is 1. The molecule has 0 saturated carbocycles. The number of alkyl halides is 3. The summed E-state index contributed by atoms with van der Waals surface area (Å²) in [5.74, 6) is -0.613. The molecule has 1 aliphatic heterocycles. The first-order valence-corrected chi connectivity index (χ1v) is 13.2. The minimum Gasteiger partial charge on any atom is -0.364 e. The second-order valence-electron chi connectivity index (χ2n) is 9.75. The monoisotopic (exact) mass is 531 g/mol. The standard InChI is InChI=1S/C26H28F3N5O2S/c1-15-13-20(26(27,28)29)32-34(15)14-21(35)33-11-9-17(10-12-33)25-31-22(24(30)36)23(37-25)19-8-4-6-16-5-2-3-7-18(16)19/h2-3,5,7,13,17,19H,4,6,8-12,14H2,1H3,(H2,30,36). The zero-order chi connectivity index (χ0) is 26.3. The van der Waals surface area contributed by atoms with Crippen LogP contribution in [0.1, 0.15) is 80.4 Å². The highest BCUT2D eigenvalue weighted by Gasteiger charge is 2.35. The highest BCUT2D eigenvalue weighted by atomic mass is 32.1. The van der Waals surface area contributed by atoms with Crippen molar-refractivity contribution < 1.29 is 22.8 Å². The number of nitrogens with two attached hydrogens (primary N) is 1. The maximum Gasteiger partial charge on any atom is 0.435 e. The molecule has 0 radical (unpaired) electrons. The molecule has 2 N–H and O–H groups in total. The Balaban J connectivity index is 1.28. The predicted octanol–water partition coefficient (Wildman–Crippen LogP) is 4.64. The molecule has 2 aliphatic rings. The van der Waals surface area contributed by atoms with E-state index < -0.39 is 17.8 Å². The Bertz CT molecular complexity index is 1320. The number of piperidine rings is 1. The van der Waals surface area contributed by atoms with E-state index in [1.165, 1.54) is 18.1 Å². The van der Waals surface area contributed by atoms with E-state index in [1.807, 2.05) is 12.1 Å². The van der Waals surface area contributed by atoms with Crippen LogP contribution < -0.4 is 5.73 Å². The van der Waals surface area contributed by atoms with Gasteiger partial charge in [0, 0.05) is 35.5 Å². The van der Waals surface area contributed by atoms with Crippen molar-refractivity contribution in [3.63, 3.8) is 0 Å². The molecule has 7 nitrogen and oxygen atoms in total. The molecule has 1 unspecified atom stereocenters. The summed E-state index contributed by atoms with van der Waals surface area (Å²) in [4.78, 5) is 32.4. The van der Waals surface area contributed by atoms with Crippen LogP contribution in [0.5, 0.6) is 0 Å². The third kappa shape index (κ3) is 5.14. The van der Waals surface area contributed by atoms with Crippen molar-refractivity contribution in [1.29, 1.82) is 0 Å². The number of aromatic nitrogens is 3. The normalized spacial score (nSPS) is 18.6. The molecule has 0 spiro atoms. The van der Waals surface area contributed by atoms with E-state index in [0.29, 0.717) is 31.6 Å². The number of carbonyl (C=O) groups excluding carboxylic acids is 2. The molecule has 2 aromatic heterocycles. The van der Waals surface area contributed by atoms with E-state index in [-0.39, 0.29) is 30.0 Å². The maximum absolute atomic E-state index is 12.9. The first-order chi connectivity index (χ1) is 17.6. The van der Waals surface area contributed by atoms with Gasteiger partial charge in [-0.15, -0.1) is 11.3 Å². The summed E-state index contributed by atoms with van der Waals surface area (Å²) >= 11 is 1.55. The highest BCUT2D eigenvalue weighted by Crippen LogP contribution is 2.43. The maximum atomic E-state index is 12.9. The first-order valence-electron chi connectivity index (χ1n) is 12.4. The Morgan fingerprint density at radius 3 is 2.57 bits per heavy atom. The van der Waals surface area contributed by atoms with Crippen molar-refractivity contribution in [2.24, 2.45) is 5.73 Å². The lowest BCUT2D eigenvalue weighted by atomic mass is 9.81. The van der Waals surface area contributed by atoms with Crippen LogP contribution in [0.15, 0.2) is 30.3 Å². The van der Waals surface area contributed by atoms with Crippen LogP contribution >= 0.6 is 11.3 Å². The van der Waals surface area contributed by atoms with Gasteiger partial charge in [0.25, 0.3) is 5.91 Å². The van der Waals surface area contributed by atoms with E-state index in [2.05, 4.69) is 22.2 Å². The van der Waals surface area contributed by atoms with Gasteiger partial charge in [-0.25, -0.2) is 4.98 Å². The average Bonchev–Trinajstić information content (AvgIpc) is 3.48. The third-order valence-corrected chi connectivity index (χ3v) is 8.67. The van der Waals surface area contributed by atoms with Gasteiger partial charge >= 0.3 is 6.18 Å². The van der Waals surface area contributed by atoms with Gasteiger partial charge < -0.3 is 10.6 Å². The van der Waals surface area contributed by atoms with Crippen molar-refractivity contribution in [3.8, 4) is 0 Å². The van der Waals surface area contributed by atoms with Crippen LogP contribution in [-0.2, 0) is 23.9 Å². The number of carbonyl (C=O) groups is 2. The number of thiazole rings is 1. The molecule has 196 valence electrons. The first kappa shape index (κ1) is 25.4. The number of hydrogen-bond acceptors (Lipinski definition) is 5. The molecule has 3 heterocycles. The average molecular weight is 532 g/mol. The number of aryl methyl sites for hydroxylation is 2. The molecule has 1 fully saturated rings. The summed E-state index contributed by atoms with van der Waals surface area (Å²) < 4.78 is 39.9. The molecule has 1 aromatic carbocycles. The zero-order valence-corrected chi connectivity index (χ0v) is 21.2. The van der Waals surface area contributed by atoms with Gasteiger partial charge in [0.05, 0.1) is 5.01 Å². The van der Waals surface area contributed by atoms with Gasteiger partial charge in [0.1, 0.15) is 12.2 Å². The quantitative estimate of drug-likeness (QED) is 0.519. The fraction of sp³-hybridized carbons (Fsp3) is 0.462.